The zero-order chi connectivity index (χ0) is 29.3. The third-order valence-corrected chi connectivity index (χ3v) is 9.31. The molecule has 41 heavy (non-hydrogen) atoms. The molecule has 3 unspecified atom stereocenters. The average molecular weight is 644 g/mol. The highest BCUT2D eigenvalue weighted by molar-refractivity contribution is 9.09. The van der Waals surface area contributed by atoms with Gasteiger partial charge in [0.15, 0.2) is 0 Å². The monoisotopic (exact) mass is 642 g/mol. The molecule has 0 radical (unpaired) electrons. The number of aliphatic hydroxyl groups is 1. The van der Waals surface area contributed by atoms with Gasteiger partial charge in [-0.3, -0.25) is 14.4 Å². The molecule has 0 aliphatic carbocycles. The van der Waals surface area contributed by atoms with Gasteiger partial charge in [-0.2, -0.15) is 0 Å². The van der Waals surface area contributed by atoms with Crippen LogP contribution in [0, 0.1) is 11.8 Å². The summed E-state index contributed by atoms with van der Waals surface area (Å²) in [4.78, 5) is 45.3. The molecule has 2 aromatic rings. The van der Waals surface area contributed by atoms with E-state index in [0.717, 1.165) is 0 Å². The highest BCUT2D eigenvalue weighted by atomic mass is 79.9. The maximum atomic E-state index is 14.7. The van der Waals surface area contributed by atoms with Crippen molar-refractivity contribution < 1.29 is 29.0 Å². The second-order valence-electron chi connectivity index (χ2n) is 10.5. The molecule has 3 fully saturated rings. The van der Waals surface area contributed by atoms with E-state index in [4.69, 9.17) is 21.1 Å². The van der Waals surface area contributed by atoms with Gasteiger partial charge in [-0.15, -0.1) is 13.2 Å². The molecule has 1 spiro atoms. The van der Waals surface area contributed by atoms with Crippen LogP contribution in [0.15, 0.2) is 79.9 Å². The molecule has 0 aromatic heterocycles. The number of fused-ring (bicyclic) bond motifs is 1. The van der Waals surface area contributed by atoms with Crippen molar-refractivity contribution in [2.24, 2.45) is 11.8 Å². The second-order valence-corrected chi connectivity index (χ2v) is 12.1. The molecule has 1 N–H and O–H groups in total. The number of ether oxygens (including phenoxy) is 2. The summed E-state index contributed by atoms with van der Waals surface area (Å²) in [5.74, 6) is -3.24. The zero-order valence-electron chi connectivity index (χ0n) is 22.4. The van der Waals surface area contributed by atoms with E-state index in [1.807, 2.05) is 18.2 Å². The predicted molar refractivity (Wildman–Crippen MR) is 159 cm³/mol. The predicted octanol–water partition coefficient (Wildman–Crippen LogP) is 4.46. The van der Waals surface area contributed by atoms with E-state index in [0.29, 0.717) is 29.1 Å². The topological polar surface area (TPSA) is 96.4 Å². The summed E-state index contributed by atoms with van der Waals surface area (Å²) in [7, 11) is 0. The van der Waals surface area contributed by atoms with Crippen molar-refractivity contribution >= 4 is 51.0 Å². The summed E-state index contributed by atoms with van der Waals surface area (Å²) >= 11 is 9.79. The van der Waals surface area contributed by atoms with Gasteiger partial charge < -0.3 is 24.4 Å². The number of carbonyl (C=O) groups is 3. The number of amides is 2. The Hall–Kier alpha value is -2.98. The molecule has 3 heterocycles. The molecule has 3 saturated heterocycles. The van der Waals surface area contributed by atoms with Gasteiger partial charge in [0.25, 0.3) is 5.91 Å². The van der Waals surface area contributed by atoms with Crippen LogP contribution in [0.25, 0.3) is 0 Å². The van der Waals surface area contributed by atoms with Crippen molar-refractivity contribution in [1.82, 2.24) is 4.90 Å². The highest BCUT2D eigenvalue weighted by Gasteiger charge is 2.77. The van der Waals surface area contributed by atoms with Crippen LogP contribution in [0.4, 0.5) is 5.69 Å². The fourth-order valence-electron chi connectivity index (χ4n) is 6.54. The quantitative estimate of drug-likeness (QED) is 0.168. The number of carbonyl (C=O) groups excluding carboxylic acids is 3. The van der Waals surface area contributed by atoms with Gasteiger partial charge in [-0.25, -0.2) is 0 Å². The molecular weight excluding hydrogens is 612 g/mol. The van der Waals surface area contributed by atoms with Gasteiger partial charge in [0.05, 0.1) is 37.2 Å². The number of aliphatic hydroxyl groups excluding tert-OH is 1. The third kappa shape index (κ3) is 5.03. The van der Waals surface area contributed by atoms with Gasteiger partial charge in [0.2, 0.25) is 5.91 Å². The van der Waals surface area contributed by atoms with Gasteiger partial charge in [-0.05, 0) is 42.7 Å². The number of esters is 1. The molecular formula is C31H32BrClN2O6. The lowest BCUT2D eigenvalue weighted by molar-refractivity contribution is -0.155. The molecule has 7 atom stereocenters. The largest absolute Gasteiger partial charge is 0.465 e. The summed E-state index contributed by atoms with van der Waals surface area (Å²) in [5.41, 5.74) is -0.0899. The number of benzene rings is 2. The van der Waals surface area contributed by atoms with E-state index in [1.165, 1.54) is 9.80 Å². The average Bonchev–Trinajstić information content (AvgIpc) is 3.57. The first-order valence-electron chi connectivity index (χ1n) is 13.5. The number of hydrogen-bond acceptors (Lipinski definition) is 6. The maximum absolute atomic E-state index is 14.7. The maximum Gasteiger partial charge on any atom is 0.312 e. The Bertz CT molecular complexity index is 1320. The SMILES string of the molecule is C=CCCOC(=O)[C@H]1[C@@H]2OC3(CC2Br)C(C(=O)N(CC=C)c2ccc(Cl)cc2)N([C@H](CO)c2ccccc2)C(=O)[C@H]13. The van der Waals surface area contributed by atoms with Crippen molar-refractivity contribution in [1.29, 1.82) is 0 Å². The van der Waals surface area contributed by atoms with Crippen LogP contribution in [-0.2, 0) is 23.9 Å². The lowest BCUT2D eigenvalue weighted by Crippen LogP contribution is -2.57. The number of halogens is 2. The Morgan fingerprint density at radius 3 is 2.54 bits per heavy atom. The summed E-state index contributed by atoms with van der Waals surface area (Å²) < 4.78 is 12.1. The summed E-state index contributed by atoms with van der Waals surface area (Å²) in [6.07, 6.45) is 3.39. The number of likely N-dealkylation sites (tertiary alicyclic amines) is 1. The Morgan fingerprint density at radius 1 is 1.20 bits per heavy atom. The Morgan fingerprint density at radius 2 is 1.90 bits per heavy atom. The fourth-order valence-corrected chi connectivity index (χ4v) is 7.61. The molecule has 10 heteroatoms. The lowest BCUT2D eigenvalue weighted by atomic mass is 9.70. The van der Waals surface area contributed by atoms with Crippen LogP contribution in [0.2, 0.25) is 5.02 Å². The summed E-state index contributed by atoms with van der Waals surface area (Å²) in [6, 6.07) is 13.9. The van der Waals surface area contributed by atoms with Gasteiger partial charge in [-0.1, -0.05) is 70.0 Å². The van der Waals surface area contributed by atoms with E-state index in [9.17, 15) is 19.5 Å². The first kappa shape index (κ1) is 29.5. The fraction of sp³-hybridized carbons (Fsp3) is 0.387. The lowest BCUT2D eigenvalue weighted by Gasteiger charge is -2.39. The molecule has 2 aromatic carbocycles. The minimum Gasteiger partial charge on any atom is -0.465 e. The summed E-state index contributed by atoms with van der Waals surface area (Å²) in [6.45, 7) is 7.35. The first-order valence-corrected chi connectivity index (χ1v) is 14.8. The van der Waals surface area contributed by atoms with Crippen molar-refractivity contribution in [3.63, 3.8) is 0 Å². The Labute approximate surface area is 252 Å². The molecule has 216 valence electrons. The van der Waals surface area contributed by atoms with E-state index >= 15 is 0 Å². The number of nitrogens with zero attached hydrogens (tertiary/aromatic N) is 2. The number of hydrogen-bond donors (Lipinski definition) is 1. The van der Waals surface area contributed by atoms with Crippen molar-refractivity contribution in [3.8, 4) is 0 Å². The second kappa shape index (κ2) is 12.1. The molecule has 3 aliphatic heterocycles. The molecule has 5 rings (SSSR count). The van der Waals surface area contributed by atoms with Gasteiger partial charge in [0.1, 0.15) is 11.6 Å². The van der Waals surface area contributed by atoms with Crippen LogP contribution < -0.4 is 4.90 Å². The molecule has 0 saturated carbocycles. The number of alkyl halides is 1. The van der Waals surface area contributed by atoms with E-state index < -0.39 is 60.0 Å². The zero-order valence-corrected chi connectivity index (χ0v) is 24.7. The van der Waals surface area contributed by atoms with Crippen LogP contribution in [0.3, 0.4) is 0 Å². The van der Waals surface area contributed by atoms with Crippen molar-refractivity contribution in [2.45, 2.75) is 41.5 Å². The van der Waals surface area contributed by atoms with E-state index in [-0.39, 0.29) is 18.0 Å². The van der Waals surface area contributed by atoms with Crippen LogP contribution >= 0.6 is 27.5 Å². The van der Waals surface area contributed by atoms with Gasteiger partial charge >= 0.3 is 5.97 Å². The molecule has 8 nitrogen and oxygen atoms in total. The smallest absolute Gasteiger partial charge is 0.312 e. The highest BCUT2D eigenvalue weighted by Crippen LogP contribution is 2.61. The first-order chi connectivity index (χ1) is 19.8. The Kier molecular flexibility index (Phi) is 8.70. The minimum absolute atomic E-state index is 0.130. The van der Waals surface area contributed by atoms with E-state index in [1.54, 1.807) is 48.6 Å². The minimum atomic E-state index is -1.32. The molecule has 3 aliphatic rings. The summed E-state index contributed by atoms with van der Waals surface area (Å²) in [5, 5.41) is 11.2. The van der Waals surface area contributed by atoms with E-state index in [2.05, 4.69) is 29.1 Å². The normalized spacial score (nSPS) is 28.7. The van der Waals surface area contributed by atoms with Crippen LogP contribution in [0.5, 0.6) is 0 Å². The Balaban J connectivity index is 1.63. The standard InChI is InChI=1S/C31H32BrClN2O6/c1-3-5-16-40-30(39)24-25-28(37)35(23(18-36)19-9-7-6-8-10-19)27(31(25)17-22(32)26(24)41-31)29(38)34(15-4-2)21-13-11-20(33)12-14-21/h3-4,6-14,22-27,36H,1-2,5,15-18H2/t22?,23-,24-,25+,26-,27?,31?/m1/s1. The van der Waals surface area contributed by atoms with Crippen molar-refractivity contribution in [3.05, 3.63) is 90.5 Å². The third-order valence-electron chi connectivity index (χ3n) is 8.21. The molecule has 2 amide bonds. The molecule has 2 bridgehead atoms. The van der Waals surface area contributed by atoms with Crippen molar-refractivity contribution in [2.75, 3.05) is 24.7 Å². The number of rotatable bonds is 11. The van der Waals surface area contributed by atoms with Crippen LogP contribution in [0.1, 0.15) is 24.4 Å². The van der Waals surface area contributed by atoms with Crippen LogP contribution in [-0.4, -0.2) is 70.1 Å². The van der Waals surface area contributed by atoms with Gasteiger partial charge in [0, 0.05) is 22.1 Å². The number of anilines is 1.